The van der Waals surface area contributed by atoms with Crippen LogP contribution in [-0.2, 0) is 0 Å². The Labute approximate surface area is 101 Å². The molecule has 1 N–H and O–H groups in total. The van der Waals surface area contributed by atoms with Gasteiger partial charge < -0.3 is 5.11 Å². The Morgan fingerprint density at radius 1 is 1.38 bits per heavy atom. The summed E-state index contributed by atoms with van der Waals surface area (Å²) in [4.78, 5) is 11.7. The highest BCUT2D eigenvalue weighted by molar-refractivity contribution is 7.99. The minimum absolute atomic E-state index is 0.133. The number of hydrogen-bond donors (Lipinski definition) is 1. The van der Waals surface area contributed by atoms with Crippen LogP contribution < -0.4 is 0 Å². The Hall–Kier alpha value is -0.960. The highest BCUT2D eigenvalue weighted by Crippen LogP contribution is 2.15. The van der Waals surface area contributed by atoms with Crippen molar-refractivity contribution in [3.8, 4) is 5.75 Å². The van der Waals surface area contributed by atoms with Crippen LogP contribution in [0.15, 0.2) is 24.3 Å². The molecule has 1 rings (SSSR count). The molecule has 0 aliphatic heterocycles. The summed E-state index contributed by atoms with van der Waals surface area (Å²) >= 11 is 1.68. The first-order valence-corrected chi connectivity index (χ1v) is 6.69. The van der Waals surface area contributed by atoms with Gasteiger partial charge >= 0.3 is 0 Å². The predicted octanol–water partition coefficient (Wildman–Crippen LogP) is 3.35. The molecular weight excluding hydrogens is 220 g/mol. The van der Waals surface area contributed by atoms with Crippen molar-refractivity contribution in [1.82, 2.24) is 0 Å². The molecule has 0 heterocycles. The fourth-order valence-electron chi connectivity index (χ4n) is 1.20. The van der Waals surface area contributed by atoms with Crippen molar-refractivity contribution in [2.45, 2.75) is 20.3 Å². The second-order valence-electron chi connectivity index (χ2n) is 4.00. The number of benzene rings is 1. The topological polar surface area (TPSA) is 37.3 Å². The van der Waals surface area contributed by atoms with Gasteiger partial charge in [-0.3, -0.25) is 4.79 Å². The van der Waals surface area contributed by atoms with Gasteiger partial charge in [-0.15, -0.1) is 0 Å². The second kappa shape index (κ2) is 6.59. The van der Waals surface area contributed by atoms with Gasteiger partial charge in [0.05, 0.1) is 5.75 Å². The van der Waals surface area contributed by atoms with Crippen LogP contribution in [0.2, 0.25) is 0 Å². The Kier molecular flexibility index (Phi) is 5.39. The van der Waals surface area contributed by atoms with E-state index in [0.717, 1.165) is 12.2 Å². The molecule has 88 valence electrons. The van der Waals surface area contributed by atoms with Crippen molar-refractivity contribution in [2.75, 3.05) is 11.5 Å². The smallest absolute Gasteiger partial charge is 0.172 e. The number of ketones is 1. The van der Waals surface area contributed by atoms with Crippen LogP contribution in [0, 0.1) is 5.92 Å². The predicted molar refractivity (Wildman–Crippen MR) is 69.2 cm³/mol. The summed E-state index contributed by atoms with van der Waals surface area (Å²) in [6.45, 7) is 4.35. The van der Waals surface area contributed by atoms with Crippen molar-refractivity contribution >= 4 is 17.5 Å². The molecule has 0 aliphatic rings. The molecule has 0 amide bonds. The zero-order valence-corrected chi connectivity index (χ0v) is 10.6. The molecule has 1 atom stereocenters. The zero-order valence-electron chi connectivity index (χ0n) is 9.77. The van der Waals surface area contributed by atoms with Crippen LogP contribution in [-0.4, -0.2) is 22.4 Å². The van der Waals surface area contributed by atoms with Gasteiger partial charge in [-0.25, -0.2) is 0 Å². The van der Waals surface area contributed by atoms with Gasteiger partial charge in [0.2, 0.25) is 0 Å². The van der Waals surface area contributed by atoms with Crippen LogP contribution in [0.3, 0.4) is 0 Å². The first kappa shape index (κ1) is 13.1. The summed E-state index contributed by atoms with van der Waals surface area (Å²) in [5.41, 5.74) is 0.675. The number of phenolic OH excluding ortho intramolecular Hbond substituents is 1. The molecule has 0 spiro atoms. The minimum Gasteiger partial charge on any atom is -0.508 e. The lowest BCUT2D eigenvalue weighted by Gasteiger charge is -2.07. The molecule has 1 aromatic rings. The van der Waals surface area contributed by atoms with E-state index in [1.54, 1.807) is 36.0 Å². The van der Waals surface area contributed by atoms with E-state index in [9.17, 15) is 4.79 Å². The summed E-state index contributed by atoms with van der Waals surface area (Å²) in [7, 11) is 0. The van der Waals surface area contributed by atoms with E-state index in [0.29, 0.717) is 17.2 Å². The molecule has 0 aliphatic carbocycles. The van der Waals surface area contributed by atoms with Crippen molar-refractivity contribution in [2.24, 2.45) is 5.92 Å². The van der Waals surface area contributed by atoms with Crippen LogP contribution in [0.25, 0.3) is 0 Å². The third-order valence-electron chi connectivity index (χ3n) is 2.52. The molecule has 0 aromatic heterocycles. The van der Waals surface area contributed by atoms with Crippen molar-refractivity contribution in [3.63, 3.8) is 0 Å². The molecule has 1 aromatic carbocycles. The number of carbonyl (C=O) groups is 1. The van der Waals surface area contributed by atoms with Crippen LogP contribution >= 0.6 is 11.8 Å². The Bertz CT molecular complexity index is 332. The summed E-state index contributed by atoms with van der Waals surface area (Å²) in [5.74, 6) is 2.55. The van der Waals surface area contributed by atoms with E-state index in [1.165, 1.54) is 0 Å². The van der Waals surface area contributed by atoms with Gasteiger partial charge in [0.1, 0.15) is 5.75 Å². The summed E-state index contributed by atoms with van der Waals surface area (Å²) in [5, 5.41) is 9.10. The quantitative estimate of drug-likeness (QED) is 0.772. The van der Waals surface area contributed by atoms with E-state index >= 15 is 0 Å². The van der Waals surface area contributed by atoms with Gasteiger partial charge in [0, 0.05) is 5.56 Å². The standard InChI is InChI=1S/C13H18O2S/c1-3-10(2)8-16-9-13(15)11-4-6-12(14)7-5-11/h4-7,10,14H,3,8-9H2,1-2H3. The molecule has 0 saturated heterocycles. The minimum atomic E-state index is 0.133. The van der Waals surface area contributed by atoms with Crippen molar-refractivity contribution in [1.29, 1.82) is 0 Å². The van der Waals surface area contributed by atoms with Crippen LogP contribution in [0.5, 0.6) is 5.75 Å². The number of thioether (sulfide) groups is 1. The molecule has 2 nitrogen and oxygen atoms in total. The number of aromatic hydroxyl groups is 1. The lowest BCUT2D eigenvalue weighted by atomic mass is 10.1. The lowest BCUT2D eigenvalue weighted by Crippen LogP contribution is -2.05. The number of phenols is 1. The number of rotatable bonds is 6. The maximum atomic E-state index is 11.7. The molecule has 3 heteroatoms. The molecule has 0 bridgehead atoms. The van der Waals surface area contributed by atoms with Crippen molar-refractivity contribution in [3.05, 3.63) is 29.8 Å². The lowest BCUT2D eigenvalue weighted by molar-refractivity contribution is 0.102. The van der Waals surface area contributed by atoms with Crippen LogP contribution in [0.4, 0.5) is 0 Å². The second-order valence-corrected chi connectivity index (χ2v) is 5.03. The van der Waals surface area contributed by atoms with Gasteiger partial charge in [0.25, 0.3) is 0 Å². The molecule has 0 fully saturated rings. The van der Waals surface area contributed by atoms with Gasteiger partial charge in [-0.2, -0.15) is 11.8 Å². The van der Waals surface area contributed by atoms with Crippen LogP contribution in [0.1, 0.15) is 30.6 Å². The molecule has 0 radical (unpaired) electrons. The largest absolute Gasteiger partial charge is 0.508 e. The maximum Gasteiger partial charge on any atom is 0.172 e. The average Bonchev–Trinajstić information content (AvgIpc) is 2.29. The zero-order chi connectivity index (χ0) is 12.0. The molecule has 1 unspecified atom stereocenters. The number of Topliss-reactive ketones (excluding diaryl/α,β-unsaturated/α-hetero) is 1. The molecule has 16 heavy (non-hydrogen) atoms. The molecule has 0 saturated carbocycles. The fraction of sp³-hybridized carbons (Fsp3) is 0.462. The maximum absolute atomic E-state index is 11.7. The number of carbonyl (C=O) groups excluding carboxylic acids is 1. The first-order valence-electron chi connectivity index (χ1n) is 5.53. The van der Waals surface area contributed by atoms with Crippen molar-refractivity contribution < 1.29 is 9.90 Å². The molecular formula is C13H18O2S. The SMILES string of the molecule is CCC(C)CSCC(=O)c1ccc(O)cc1. The Balaban J connectivity index is 2.38. The highest BCUT2D eigenvalue weighted by atomic mass is 32.2. The summed E-state index contributed by atoms with van der Waals surface area (Å²) < 4.78 is 0. The van der Waals surface area contributed by atoms with E-state index in [4.69, 9.17) is 5.11 Å². The fourth-order valence-corrected chi connectivity index (χ4v) is 2.31. The van der Waals surface area contributed by atoms with Gasteiger partial charge in [-0.1, -0.05) is 20.3 Å². The van der Waals surface area contributed by atoms with E-state index < -0.39 is 0 Å². The van der Waals surface area contributed by atoms with E-state index in [-0.39, 0.29) is 11.5 Å². The van der Waals surface area contributed by atoms with Gasteiger partial charge in [-0.05, 0) is 35.9 Å². The van der Waals surface area contributed by atoms with E-state index in [1.807, 2.05) is 0 Å². The summed E-state index contributed by atoms with van der Waals surface area (Å²) in [6.07, 6.45) is 1.15. The van der Waals surface area contributed by atoms with E-state index in [2.05, 4.69) is 13.8 Å². The number of hydrogen-bond acceptors (Lipinski definition) is 3. The summed E-state index contributed by atoms with van der Waals surface area (Å²) in [6, 6.07) is 6.43. The average molecular weight is 238 g/mol. The first-order chi connectivity index (χ1) is 7.63. The monoisotopic (exact) mass is 238 g/mol. The van der Waals surface area contributed by atoms with Gasteiger partial charge in [0.15, 0.2) is 5.78 Å². The Morgan fingerprint density at radius 3 is 2.56 bits per heavy atom. The Morgan fingerprint density at radius 2 is 2.00 bits per heavy atom. The normalized spacial score (nSPS) is 12.4. The third-order valence-corrected chi connectivity index (χ3v) is 3.79. The third kappa shape index (κ3) is 4.27. The highest BCUT2D eigenvalue weighted by Gasteiger charge is 2.07.